The first-order chi connectivity index (χ1) is 37.2. The number of aromatic amines is 2. The molecule has 8 bridgehead atoms. The Hall–Kier alpha value is -10.2. The predicted molar refractivity (Wildman–Crippen MR) is 299 cm³/mol. The molecule has 370 valence electrons. The van der Waals surface area contributed by atoms with Gasteiger partial charge in [0.05, 0.1) is 73.3 Å². The highest BCUT2D eigenvalue weighted by atomic mass is 16.5. The maximum Gasteiger partial charge on any atom is 0.160 e. The number of aromatic hydroxyl groups is 4. The van der Waals surface area contributed by atoms with Gasteiger partial charge in [0.25, 0.3) is 0 Å². The van der Waals surface area contributed by atoms with E-state index in [2.05, 4.69) is 34.2 Å². The number of H-pyrrole nitrogens is 2. The van der Waals surface area contributed by atoms with E-state index in [9.17, 15) is 20.4 Å². The van der Waals surface area contributed by atoms with Crippen molar-refractivity contribution in [1.29, 1.82) is 0 Å². The van der Waals surface area contributed by atoms with E-state index in [-0.39, 0.29) is 23.0 Å². The number of phenols is 4. The summed E-state index contributed by atoms with van der Waals surface area (Å²) in [6, 6.07) is 53.8. The highest BCUT2D eigenvalue weighted by Crippen LogP contribution is 2.53. The number of hydrogen-bond donors (Lipinski definition) is 6. The fraction of sp³-hybridized carbons (Fsp3) is 0.0625. The van der Waals surface area contributed by atoms with Crippen LogP contribution >= 0.6 is 0 Å². The maximum absolute atomic E-state index is 11.6. The molecule has 12 nitrogen and oxygen atoms in total. The molecule has 2 aliphatic heterocycles. The molecule has 1 aliphatic carbocycles. The Morgan fingerprint density at radius 1 is 0.303 bits per heavy atom. The van der Waals surface area contributed by atoms with Gasteiger partial charge in [-0.2, -0.15) is 0 Å². The first-order valence-corrected chi connectivity index (χ1v) is 24.5. The fourth-order valence-corrected chi connectivity index (χ4v) is 11.1. The predicted octanol–water partition coefficient (Wildman–Crippen LogP) is 14.8. The average Bonchev–Trinajstić information content (AvgIpc) is 4.24. The lowest BCUT2D eigenvalue weighted by atomic mass is 9.93. The van der Waals surface area contributed by atoms with Crippen molar-refractivity contribution < 1.29 is 39.4 Å². The zero-order valence-corrected chi connectivity index (χ0v) is 41.5. The van der Waals surface area contributed by atoms with Crippen LogP contribution in [0, 0.1) is 0 Å². The second kappa shape index (κ2) is 17.8. The molecule has 0 unspecified atom stereocenters. The first kappa shape index (κ1) is 45.6. The molecule has 76 heavy (non-hydrogen) atoms. The van der Waals surface area contributed by atoms with Gasteiger partial charge in [0.2, 0.25) is 0 Å². The van der Waals surface area contributed by atoms with Crippen LogP contribution in [0.4, 0.5) is 0 Å². The first-order valence-electron chi connectivity index (χ1n) is 24.5. The zero-order chi connectivity index (χ0) is 51.9. The molecule has 4 heterocycles. The van der Waals surface area contributed by atoms with Crippen LogP contribution in [0.3, 0.4) is 0 Å². The number of phenolic OH excluding ortho intramolecular Hbond substituents is 4. The fourth-order valence-electron chi connectivity index (χ4n) is 11.1. The number of nitrogens with zero attached hydrogens (tertiary/aromatic N) is 2. The van der Waals surface area contributed by atoms with Crippen LogP contribution in [0.25, 0.3) is 133 Å². The number of aromatic nitrogens is 4. The highest BCUT2D eigenvalue weighted by Gasteiger charge is 2.31. The monoisotopic (exact) mass is 998 g/mol. The molecule has 0 fully saturated rings. The van der Waals surface area contributed by atoms with Crippen LogP contribution in [0.1, 0.15) is 0 Å². The van der Waals surface area contributed by atoms with Gasteiger partial charge in [0.15, 0.2) is 46.0 Å². The highest BCUT2D eigenvalue weighted by molar-refractivity contribution is 6.21. The zero-order valence-electron chi connectivity index (χ0n) is 41.5. The lowest BCUT2D eigenvalue weighted by Gasteiger charge is -2.11. The normalized spacial score (nSPS) is 11.6. The van der Waals surface area contributed by atoms with Crippen LogP contribution in [0.2, 0.25) is 0 Å². The molecule has 6 N–H and O–H groups in total. The molecular formula is C64H46N4O8. The number of nitrogens with one attached hydrogen (secondary N) is 2. The summed E-state index contributed by atoms with van der Waals surface area (Å²) >= 11 is 0. The third-order valence-corrected chi connectivity index (χ3v) is 14.6. The molecule has 0 saturated heterocycles. The van der Waals surface area contributed by atoms with Crippen LogP contribution < -0.4 is 18.9 Å². The van der Waals surface area contributed by atoms with Gasteiger partial charge in [-0.25, -0.2) is 9.97 Å². The van der Waals surface area contributed by atoms with Crippen molar-refractivity contribution in [2.75, 3.05) is 28.4 Å². The summed E-state index contributed by atoms with van der Waals surface area (Å²) in [5.41, 5.74) is 13.8. The van der Waals surface area contributed by atoms with E-state index in [4.69, 9.17) is 28.9 Å². The summed E-state index contributed by atoms with van der Waals surface area (Å²) < 4.78 is 22.4. The summed E-state index contributed by atoms with van der Waals surface area (Å²) in [6.45, 7) is 0. The third kappa shape index (κ3) is 6.98. The summed E-state index contributed by atoms with van der Waals surface area (Å²) in [6.07, 6.45) is 0. The molecule has 0 amide bonds. The molecule has 2 aromatic heterocycles. The van der Waals surface area contributed by atoms with E-state index < -0.39 is 0 Å². The Balaban J connectivity index is 1.37. The van der Waals surface area contributed by atoms with Gasteiger partial charge in [-0.05, 0) is 70.8 Å². The minimum absolute atomic E-state index is 0.0590. The number of benzene rings is 8. The summed E-state index contributed by atoms with van der Waals surface area (Å²) in [7, 11) is 6.07. The number of ether oxygens (including phenoxy) is 4. The van der Waals surface area contributed by atoms with Crippen molar-refractivity contribution in [3.63, 3.8) is 0 Å². The minimum Gasteiger partial charge on any atom is -0.504 e. The van der Waals surface area contributed by atoms with Gasteiger partial charge < -0.3 is 49.3 Å². The number of hydrogen-bond acceptors (Lipinski definition) is 10. The van der Waals surface area contributed by atoms with Crippen molar-refractivity contribution in [3.8, 4) is 136 Å². The van der Waals surface area contributed by atoms with Gasteiger partial charge in [-0.15, -0.1) is 0 Å². The molecule has 0 atom stereocenters. The Labute approximate surface area is 435 Å². The largest absolute Gasteiger partial charge is 0.504 e. The van der Waals surface area contributed by atoms with E-state index in [0.29, 0.717) is 112 Å². The summed E-state index contributed by atoms with van der Waals surface area (Å²) in [4.78, 5) is 19.4. The quantitative estimate of drug-likeness (QED) is 0.0859. The average molecular weight is 999 g/mol. The lowest BCUT2D eigenvalue weighted by Crippen LogP contribution is -1.90. The van der Waals surface area contributed by atoms with Gasteiger partial charge in [0.1, 0.15) is 0 Å². The van der Waals surface area contributed by atoms with E-state index >= 15 is 0 Å². The van der Waals surface area contributed by atoms with Gasteiger partial charge >= 0.3 is 0 Å². The second-order valence-corrected chi connectivity index (χ2v) is 18.6. The molecule has 8 aromatic carbocycles. The van der Waals surface area contributed by atoms with E-state index in [1.165, 1.54) is 28.4 Å². The van der Waals surface area contributed by atoms with Gasteiger partial charge in [0, 0.05) is 66.1 Å². The molecule has 0 spiro atoms. The van der Waals surface area contributed by atoms with Crippen molar-refractivity contribution >= 4 is 43.6 Å². The van der Waals surface area contributed by atoms with Crippen molar-refractivity contribution in [3.05, 3.63) is 170 Å². The summed E-state index contributed by atoms with van der Waals surface area (Å²) in [5, 5.41) is 49.9. The molecule has 3 aliphatic rings. The van der Waals surface area contributed by atoms with Gasteiger partial charge in [-0.3, -0.25) is 0 Å². The van der Waals surface area contributed by atoms with Crippen LogP contribution in [0.15, 0.2) is 170 Å². The molecular weight excluding hydrogens is 953 g/mol. The molecule has 0 radical (unpaired) electrons. The Kier molecular flexibility index (Phi) is 10.7. The van der Waals surface area contributed by atoms with Crippen LogP contribution in [-0.2, 0) is 0 Å². The second-order valence-electron chi connectivity index (χ2n) is 18.6. The topological polar surface area (TPSA) is 175 Å². The van der Waals surface area contributed by atoms with Crippen molar-refractivity contribution in [1.82, 2.24) is 19.9 Å². The molecule has 13 rings (SSSR count). The van der Waals surface area contributed by atoms with Crippen molar-refractivity contribution in [2.45, 2.75) is 0 Å². The summed E-state index contributed by atoms with van der Waals surface area (Å²) in [5.74, 6) is 0.990. The van der Waals surface area contributed by atoms with Gasteiger partial charge in [-0.1, -0.05) is 121 Å². The Morgan fingerprint density at radius 3 is 0.737 bits per heavy atom. The smallest absolute Gasteiger partial charge is 0.160 e. The lowest BCUT2D eigenvalue weighted by molar-refractivity contribution is 0.373. The van der Waals surface area contributed by atoms with Crippen LogP contribution in [-0.4, -0.2) is 68.8 Å². The Bertz CT molecular complexity index is 3870. The van der Waals surface area contributed by atoms with E-state index in [0.717, 1.165) is 43.8 Å². The van der Waals surface area contributed by atoms with E-state index in [1.807, 2.05) is 97.1 Å². The third-order valence-electron chi connectivity index (χ3n) is 14.6. The molecule has 12 heteroatoms. The standard InChI is InChI=1S/C64H46N4O8/c1-73-49-25-21-33(29-45(49)69)53-57-37-13-5-7-15-39(37)59(65-57)54(34-22-26-50(74-2)46(70)30-34)61-41-17-9-11-19-43(41)63(67-61)56(36-24-28-52(76-4)48(72)32-36)64-44-20-12-10-18-42(44)62(68-64)55(35-23-27-51(75-3)47(71)31-35)60-40-16-8-6-14-38(40)58(53)66-60/h5-32,65,68-72H,1-4H3. The van der Waals surface area contributed by atoms with E-state index in [1.54, 1.807) is 48.5 Å². The Morgan fingerprint density at radius 2 is 0.526 bits per heavy atom. The van der Waals surface area contributed by atoms with Crippen LogP contribution in [0.5, 0.6) is 46.0 Å². The minimum atomic E-state index is -0.0590. The molecule has 10 aromatic rings. The van der Waals surface area contributed by atoms with Crippen molar-refractivity contribution in [2.24, 2.45) is 0 Å². The molecule has 0 saturated carbocycles. The number of methoxy groups -OCH3 is 4. The maximum atomic E-state index is 11.6. The SMILES string of the molecule is COc1ccc(-c2c3nc(c(-c4ccc(OC)c(O)c4)c4[nH]c(c(-c5ccc(OC)c(O)c5)c5nc(c(-c6ccc(OC)c(O)c6)c6[nH]c2c2ccccc62)-c2ccccc2-5)c2ccccc42)-c2ccccc2-3)cc1O. The number of rotatable bonds is 8.